The molecule has 0 spiro atoms. The van der Waals surface area contributed by atoms with Crippen LogP contribution in [-0.4, -0.2) is 63.0 Å². The average molecular weight is 432 g/mol. The number of β-amino-alcohol motifs (C(OH)–C–C–N with tert-alkyl or cyclic N) is 1. The van der Waals surface area contributed by atoms with E-state index in [1.165, 1.54) is 18.3 Å². The summed E-state index contributed by atoms with van der Waals surface area (Å²) in [7, 11) is 0. The number of aromatic nitrogens is 3. The molecule has 0 saturated carbocycles. The highest BCUT2D eigenvalue weighted by Gasteiger charge is 2.41. The fourth-order valence-electron chi connectivity index (χ4n) is 3.50. The van der Waals surface area contributed by atoms with Gasteiger partial charge in [0.25, 0.3) is 5.91 Å². The minimum atomic E-state index is -4.84. The molecule has 3 rings (SSSR count). The number of hydrogen-bond acceptors (Lipinski definition) is 5. The maximum Gasteiger partial charge on any atom is 0.434 e. The molecule has 2 aromatic heterocycles. The molecule has 2 N–H and O–H groups in total. The molecule has 1 amide bonds. The Balaban J connectivity index is 1.83. The first-order chi connectivity index (χ1) is 13.8. The van der Waals surface area contributed by atoms with Crippen LogP contribution in [0, 0.1) is 0 Å². The predicted octanol–water partition coefficient (Wildman–Crippen LogP) is 2.52. The summed E-state index contributed by atoms with van der Waals surface area (Å²) >= 11 is 5.96. The first-order valence-corrected chi connectivity index (χ1v) is 9.60. The van der Waals surface area contributed by atoms with E-state index in [1.54, 1.807) is 0 Å². The number of pyridine rings is 1. The molecule has 11 heteroatoms. The van der Waals surface area contributed by atoms with Gasteiger partial charge in [-0.15, -0.1) is 0 Å². The largest absolute Gasteiger partial charge is 0.434 e. The van der Waals surface area contributed by atoms with Gasteiger partial charge in [0.15, 0.2) is 11.5 Å². The highest BCUT2D eigenvalue weighted by atomic mass is 35.5. The Hall–Kier alpha value is -2.17. The molecule has 29 heavy (non-hydrogen) atoms. The Morgan fingerprint density at radius 3 is 2.86 bits per heavy atom. The average Bonchev–Trinajstić information content (AvgIpc) is 3.13. The quantitative estimate of drug-likeness (QED) is 0.734. The van der Waals surface area contributed by atoms with Gasteiger partial charge in [-0.1, -0.05) is 18.0 Å². The molecule has 1 atom stereocenters. The number of amides is 1. The molecule has 2 aromatic rings. The van der Waals surface area contributed by atoms with Crippen molar-refractivity contribution < 1.29 is 23.1 Å². The minimum Gasteiger partial charge on any atom is -0.395 e. The van der Waals surface area contributed by atoms with E-state index in [1.807, 2.05) is 4.90 Å². The summed E-state index contributed by atoms with van der Waals surface area (Å²) in [5, 5.41) is 15.5. The van der Waals surface area contributed by atoms with Gasteiger partial charge in [-0.2, -0.15) is 18.3 Å². The number of nitrogens with zero attached hydrogens (tertiary/aromatic N) is 4. The summed E-state index contributed by atoms with van der Waals surface area (Å²) in [5.41, 5.74) is -1.82. The fourth-order valence-corrected chi connectivity index (χ4v) is 3.70. The summed E-state index contributed by atoms with van der Waals surface area (Å²) in [6.45, 7) is 1.42. The van der Waals surface area contributed by atoms with E-state index in [0.717, 1.165) is 32.0 Å². The summed E-state index contributed by atoms with van der Waals surface area (Å²) in [6.07, 6.45) is 0.0801. The molecule has 0 aliphatic carbocycles. The van der Waals surface area contributed by atoms with E-state index in [0.29, 0.717) is 11.2 Å². The first kappa shape index (κ1) is 21.5. The maximum atomic E-state index is 13.7. The van der Waals surface area contributed by atoms with Crippen molar-refractivity contribution in [3.05, 3.63) is 40.8 Å². The van der Waals surface area contributed by atoms with Crippen LogP contribution >= 0.6 is 11.6 Å². The lowest BCUT2D eigenvalue weighted by Crippen LogP contribution is -2.47. The molecule has 1 aliphatic rings. The second-order valence-corrected chi connectivity index (χ2v) is 7.15. The number of carbonyl (C=O) groups is 1. The summed E-state index contributed by atoms with van der Waals surface area (Å²) < 4.78 is 41.7. The maximum absolute atomic E-state index is 13.7. The van der Waals surface area contributed by atoms with Crippen molar-refractivity contribution in [3.63, 3.8) is 0 Å². The number of likely N-dealkylation sites (tertiary alicyclic amines) is 1. The van der Waals surface area contributed by atoms with E-state index in [-0.39, 0.29) is 30.0 Å². The van der Waals surface area contributed by atoms with Gasteiger partial charge in [-0.05, 0) is 31.5 Å². The molecular weight excluding hydrogens is 411 g/mol. The highest BCUT2D eigenvalue weighted by Crippen LogP contribution is 2.34. The molecular formula is C18H21ClF3N5O2. The third-order valence-corrected chi connectivity index (χ3v) is 5.15. The number of alkyl halides is 3. The topological polar surface area (TPSA) is 83.3 Å². The molecule has 0 aromatic carbocycles. The van der Waals surface area contributed by atoms with Crippen LogP contribution < -0.4 is 5.32 Å². The van der Waals surface area contributed by atoms with E-state index < -0.39 is 23.3 Å². The van der Waals surface area contributed by atoms with Gasteiger partial charge in [-0.25, -0.2) is 9.67 Å². The lowest BCUT2D eigenvalue weighted by molar-refractivity contribution is -0.143. The molecule has 1 unspecified atom stereocenters. The van der Waals surface area contributed by atoms with Crippen LogP contribution in [0.1, 0.15) is 35.3 Å². The number of piperidine rings is 1. The number of aliphatic hydroxyl groups excluding tert-OH is 1. The van der Waals surface area contributed by atoms with Gasteiger partial charge in [-0.3, -0.25) is 9.69 Å². The molecule has 7 nitrogen and oxygen atoms in total. The normalized spacial score (nSPS) is 18.0. The lowest BCUT2D eigenvalue weighted by atomic mass is 10.0. The van der Waals surface area contributed by atoms with E-state index in [4.69, 9.17) is 16.7 Å². The number of nitrogens with one attached hydrogen (secondary N) is 1. The second-order valence-electron chi connectivity index (χ2n) is 6.74. The van der Waals surface area contributed by atoms with Gasteiger partial charge >= 0.3 is 6.18 Å². The van der Waals surface area contributed by atoms with Gasteiger partial charge in [0.05, 0.1) is 23.4 Å². The van der Waals surface area contributed by atoms with Crippen LogP contribution in [0.3, 0.4) is 0 Å². The van der Waals surface area contributed by atoms with Crippen LogP contribution in [0.25, 0.3) is 5.82 Å². The Bertz CT molecular complexity index is 856. The van der Waals surface area contributed by atoms with Gasteiger partial charge in [0.1, 0.15) is 0 Å². The second kappa shape index (κ2) is 9.10. The van der Waals surface area contributed by atoms with Crippen LogP contribution in [-0.2, 0) is 6.18 Å². The molecule has 3 heterocycles. The van der Waals surface area contributed by atoms with Gasteiger partial charge < -0.3 is 10.4 Å². The van der Waals surface area contributed by atoms with Crippen LogP contribution in [0.5, 0.6) is 0 Å². The number of halogens is 4. The number of aliphatic hydroxyl groups is 1. The lowest BCUT2D eigenvalue weighted by Gasteiger charge is -2.35. The van der Waals surface area contributed by atoms with Gasteiger partial charge in [0.2, 0.25) is 0 Å². The van der Waals surface area contributed by atoms with Crippen LogP contribution in [0.15, 0.2) is 24.5 Å². The van der Waals surface area contributed by atoms with Gasteiger partial charge in [0, 0.05) is 25.3 Å². The molecule has 0 radical (unpaired) electrons. The molecule has 158 valence electrons. The molecule has 1 fully saturated rings. The van der Waals surface area contributed by atoms with E-state index >= 15 is 0 Å². The zero-order valence-corrected chi connectivity index (χ0v) is 16.2. The fraction of sp³-hybridized carbons (Fsp3) is 0.500. The molecule has 1 saturated heterocycles. The van der Waals surface area contributed by atoms with Crippen LogP contribution in [0.2, 0.25) is 5.02 Å². The van der Waals surface area contributed by atoms with Crippen molar-refractivity contribution in [2.75, 3.05) is 26.2 Å². The number of carbonyl (C=O) groups excluding carboxylic acids is 1. The minimum absolute atomic E-state index is 0.0136. The Labute approximate surface area is 170 Å². The monoisotopic (exact) mass is 431 g/mol. The summed E-state index contributed by atoms with van der Waals surface area (Å²) in [4.78, 5) is 18.4. The standard InChI is InChI=1S/C18H21ClF3N5O2/c19-14-5-3-6-23-16(14)27-15(18(20,21)22)13(11-25-27)17(29)24-10-12-4-1-2-7-26(12)8-9-28/h3,5-6,11-12,28H,1-2,4,7-10H2,(H,24,29). The Kier molecular flexibility index (Phi) is 6.76. The van der Waals surface area contributed by atoms with Crippen molar-refractivity contribution in [1.29, 1.82) is 0 Å². The molecule has 0 bridgehead atoms. The summed E-state index contributed by atoms with van der Waals surface area (Å²) in [5.74, 6) is -1.08. The molecule has 1 aliphatic heterocycles. The number of hydrogen-bond donors (Lipinski definition) is 2. The SMILES string of the molecule is O=C(NCC1CCCCN1CCO)c1cnn(-c2ncccc2Cl)c1C(F)(F)F. The summed E-state index contributed by atoms with van der Waals surface area (Å²) in [6, 6.07) is 2.84. The highest BCUT2D eigenvalue weighted by molar-refractivity contribution is 6.32. The van der Waals surface area contributed by atoms with Crippen molar-refractivity contribution in [2.24, 2.45) is 0 Å². The van der Waals surface area contributed by atoms with Crippen molar-refractivity contribution in [1.82, 2.24) is 25.0 Å². The van der Waals surface area contributed by atoms with E-state index in [2.05, 4.69) is 15.4 Å². The van der Waals surface area contributed by atoms with E-state index in [9.17, 15) is 18.0 Å². The third kappa shape index (κ3) is 4.88. The Morgan fingerprint density at radius 2 is 2.17 bits per heavy atom. The number of rotatable bonds is 6. The third-order valence-electron chi connectivity index (χ3n) is 4.86. The predicted molar refractivity (Wildman–Crippen MR) is 100 cm³/mol. The van der Waals surface area contributed by atoms with Crippen molar-refractivity contribution in [2.45, 2.75) is 31.5 Å². The Morgan fingerprint density at radius 1 is 1.38 bits per heavy atom. The first-order valence-electron chi connectivity index (χ1n) is 9.22. The zero-order valence-electron chi connectivity index (χ0n) is 15.5. The van der Waals surface area contributed by atoms with Crippen molar-refractivity contribution >= 4 is 17.5 Å². The van der Waals surface area contributed by atoms with Crippen LogP contribution in [0.4, 0.5) is 13.2 Å². The van der Waals surface area contributed by atoms with Crippen molar-refractivity contribution in [3.8, 4) is 5.82 Å². The smallest absolute Gasteiger partial charge is 0.395 e. The zero-order chi connectivity index (χ0) is 21.0.